The van der Waals surface area contributed by atoms with Crippen molar-refractivity contribution in [2.24, 2.45) is 11.8 Å². The smallest absolute Gasteiger partial charge is 0.280 e. The Morgan fingerprint density at radius 3 is 2.69 bits per heavy atom. The minimum atomic E-state index is -0.539. The zero-order valence-corrected chi connectivity index (χ0v) is 17.1. The van der Waals surface area contributed by atoms with Crippen molar-refractivity contribution in [2.75, 3.05) is 6.79 Å². The van der Waals surface area contributed by atoms with E-state index in [2.05, 4.69) is 30.0 Å². The van der Waals surface area contributed by atoms with Gasteiger partial charge in [0.15, 0.2) is 16.6 Å². The summed E-state index contributed by atoms with van der Waals surface area (Å²) in [5, 5.41) is 14.8. The van der Waals surface area contributed by atoms with Gasteiger partial charge in [-0.25, -0.2) is 0 Å². The first-order valence-electron chi connectivity index (χ1n) is 9.47. The number of nitro benzene ring substituents is 1. The predicted octanol–water partition coefficient (Wildman–Crippen LogP) is 2.66. The van der Waals surface area contributed by atoms with Crippen LogP contribution in [0.2, 0.25) is 0 Å². The van der Waals surface area contributed by atoms with Crippen LogP contribution in [0.25, 0.3) is 6.08 Å². The van der Waals surface area contributed by atoms with E-state index in [1.807, 2.05) is 0 Å². The highest BCUT2D eigenvalue weighted by Crippen LogP contribution is 2.38. The molecule has 0 spiro atoms. The number of fused-ring (bicyclic) bond motifs is 1. The second kappa shape index (κ2) is 9.08. The van der Waals surface area contributed by atoms with Crippen molar-refractivity contribution in [2.45, 2.75) is 39.2 Å². The maximum absolute atomic E-state index is 12.1. The maximum atomic E-state index is 12.1. The Morgan fingerprint density at radius 1 is 1.24 bits per heavy atom. The Balaban J connectivity index is 1.55. The molecule has 0 aromatic heterocycles. The molecular formula is C19H24N4O5S. The number of hydrogen-bond acceptors (Lipinski definition) is 6. The Hall–Kier alpha value is -2.88. The lowest BCUT2D eigenvalue weighted by molar-refractivity contribution is -0.385. The molecule has 1 amide bonds. The lowest BCUT2D eigenvalue weighted by atomic mass is 9.78. The molecule has 29 heavy (non-hydrogen) atoms. The fraction of sp³-hybridized carbons (Fsp3) is 0.474. The number of rotatable bonds is 4. The van der Waals surface area contributed by atoms with Crippen molar-refractivity contribution < 1.29 is 19.2 Å². The number of nitrogens with one attached hydrogen (secondary N) is 3. The summed E-state index contributed by atoms with van der Waals surface area (Å²) in [4.78, 5) is 22.8. The van der Waals surface area contributed by atoms with Crippen molar-refractivity contribution in [1.29, 1.82) is 0 Å². The SMILES string of the molecule is C[C@@H]1[C@@H](C)CCC[C@H]1NC(=S)NNC(=O)/C=C/c1cc2c(cc1[N+](=O)[O-])OCO2. The third-order valence-corrected chi connectivity index (χ3v) is 5.68. The second-order valence-corrected chi connectivity index (χ2v) is 7.72. The van der Waals surface area contributed by atoms with Crippen LogP contribution in [0.3, 0.4) is 0 Å². The molecule has 1 fully saturated rings. The van der Waals surface area contributed by atoms with E-state index in [1.165, 1.54) is 30.7 Å². The van der Waals surface area contributed by atoms with E-state index < -0.39 is 10.8 Å². The van der Waals surface area contributed by atoms with Gasteiger partial charge in [0.1, 0.15) is 0 Å². The van der Waals surface area contributed by atoms with Crippen LogP contribution >= 0.6 is 12.2 Å². The molecule has 0 unspecified atom stereocenters. The van der Waals surface area contributed by atoms with Crippen LogP contribution in [0, 0.1) is 22.0 Å². The molecule has 2 aliphatic rings. The van der Waals surface area contributed by atoms with Crippen molar-refractivity contribution in [3.63, 3.8) is 0 Å². The van der Waals surface area contributed by atoms with Gasteiger partial charge >= 0.3 is 0 Å². The Labute approximate surface area is 173 Å². The summed E-state index contributed by atoms with van der Waals surface area (Å²) in [7, 11) is 0. The number of hydrogen-bond donors (Lipinski definition) is 3. The number of thiocarbonyl (C=S) groups is 1. The third-order valence-electron chi connectivity index (χ3n) is 5.46. The van der Waals surface area contributed by atoms with Gasteiger partial charge in [-0.1, -0.05) is 26.7 Å². The lowest BCUT2D eigenvalue weighted by Crippen LogP contribution is -2.52. The monoisotopic (exact) mass is 420 g/mol. The zero-order chi connectivity index (χ0) is 21.0. The average Bonchev–Trinajstić information content (AvgIpc) is 3.15. The third kappa shape index (κ3) is 5.14. The highest BCUT2D eigenvalue weighted by atomic mass is 32.1. The number of benzene rings is 1. The molecule has 1 heterocycles. The van der Waals surface area contributed by atoms with Gasteiger partial charge in [0.25, 0.3) is 11.6 Å². The van der Waals surface area contributed by atoms with E-state index in [9.17, 15) is 14.9 Å². The largest absolute Gasteiger partial charge is 0.454 e. The fourth-order valence-electron chi connectivity index (χ4n) is 3.55. The number of nitro groups is 1. The minimum absolute atomic E-state index is 0.00684. The van der Waals surface area contributed by atoms with Crippen LogP contribution in [0.5, 0.6) is 11.5 Å². The molecule has 3 atom stereocenters. The van der Waals surface area contributed by atoms with Gasteiger partial charge in [0.05, 0.1) is 16.6 Å². The summed E-state index contributed by atoms with van der Waals surface area (Å²) in [5.74, 6) is 1.33. The summed E-state index contributed by atoms with van der Waals surface area (Å²) in [6.07, 6.45) is 5.93. The molecule has 156 valence electrons. The van der Waals surface area contributed by atoms with Gasteiger partial charge in [-0.05, 0) is 42.6 Å². The van der Waals surface area contributed by atoms with E-state index in [0.29, 0.717) is 28.4 Å². The quantitative estimate of drug-likeness (QED) is 0.295. The van der Waals surface area contributed by atoms with Gasteiger partial charge in [0, 0.05) is 12.1 Å². The summed E-state index contributed by atoms with van der Waals surface area (Å²) in [5.41, 5.74) is 5.19. The first-order chi connectivity index (χ1) is 13.8. The van der Waals surface area contributed by atoms with Crippen molar-refractivity contribution in [1.82, 2.24) is 16.2 Å². The number of ether oxygens (including phenoxy) is 2. The van der Waals surface area contributed by atoms with Gasteiger partial charge < -0.3 is 14.8 Å². The molecule has 0 radical (unpaired) electrons. The summed E-state index contributed by atoms with van der Waals surface area (Å²) in [6.45, 7) is 4.44. The summed E-state index contributed by atoms with van der Waals surface area (Å²) < 4.78 is 10.4. The Morgan fingerprint density at radius 2 is 1.97 bits per heavy atom. The number of carbonyl (C=O) groups excluding carboxylic acids is 1. The summed E-state index contributed by atoms with van der Waals surface area (Å²) >= 11 is 5.25. The first-order valence-corrected chi connectivity index (χ1v) is 9.88. The number of amides is 1. The van der Waals surface area contributed by atoms with E-state index in [1.54, 1.807) is 0 Å². The highest BCUT2D eigenvalue weighted by molar-refractivity contribution is 7.80. The molecule has 1 aliphatic carbocycles. The predicted molar refractivity (Wildman–Crippen MR) is 111 cm³/mol. The van der Waals surface area contributed by atoms with E-state index >= 15 is 0 Å². The van der Waals surface area contributed by atoms with Crippen LogP contribution in [0.15, 0.2) is 18.2 Å². The molecule has 1 saturated carbocycles. The molecule has 1 aromatic carbocycles. The van der Waals surface area contributed by atoms with Gasteiger partial charge in [-0.3, -0.25) is 25.8 Å². The molecule has 10 heteroatoms. The zero-order valence-electron chi connectivity index (χ0n) is 16.3. The molecule has 1 aromatic rings. The first kappa shape index (κ1) is 20.8. The van der Waals surface area contributed by atoms with E-state index in [4.69, 9.17) is 21.7 Å². The minimum Gasteiger partial charge on any atom is -0.454 e. The van der Waals surface area contributed by atoms with Crippen LogP contribution in [0.1, 0.15) is 38.7 Å². The van der Waals surface area contributed by atoms with Crippen LogP contribution < -0.4 is 25.6 Å². The molecule has 0 bridgehead atoms. The lowest BCUT2D eigenvalue weighted by Gasteiger charge is -2.35. The Kier molecular flexibility index (Phi) is 6.53. The van der Waals surface area contributed by atoms with Gasteiger partial charge in [-0.15, -0.1) is 0 Å². The molecule has 1 aliphatic heterocycles. The van der Waals surface area contributed by atoms with Crippen molar-refractivity contribution >= 4 is 35.0 Å². The number of hydrazine groups is 1. The normalized spacial score (nSPS) is 22.9. The topological polar surface area (TPSA) is 115 Å². The van der Waals surface area contributed by atoms with Crippen LogP contribution in [-0.2, 0) is 4.79 Å². The van der Waals surface area contributed by atoms with Crippen LogP contribution in [-0.4, -0.2) is 28.8 Å². The van der Waals surface area contributed by atoms with Crippen LogP contribution in [0.4, 0.5) is 5.69 Å². The molecule has 0 saturated heterocycles. The molecule has 9 nitrogen and oxygen atoms in total. The summed E-state index contributed by atoms with van der Waals surface area (Å²) in [6, 6.07) is 3.02. The molecule has 3 N–H and O–H groups in total. The highest BCUT2D eigenvalue weighted by Gasteiger charge is 2.27. The maximum Gasteiger partial charge on any atom is 0.280 e. The average molecular weight is 420 g/mol. The van der Waals surface area contributed by atoms with E-state index in [0.717, 1.165) is 12.8 Å². The Bertz CT molecular complexity index is 844. The van der Waals surface area contributed by atoms with Crippen molar-refractivity contribution in [3.8, 4) is 11.5 Å². The number of nitrogens with zero attached hydrogens (tertiary/aromatic N) is 1. The second-order valence-electron chi connectivity index (χ2n) is 7.32. The van der Waals surface area contributed by atoms with Gasteiger partial charge in [0.2, 0.25) is 6.79 Å². The fourth-order valence-corrected chi connectivity index (χ4v) is 3.76. The molecule has 3 rings (SSSR count). The number of carbonyl (C=O) groups is 1. The van der Waals surface area contributed by atoms with E-state index in [-0.39, 0.29) is 24.1 Å². The van der Waals surface area contributed by atoms with Crippen molar-refractivity contribution in [3.05, 3.63) is 33.9 Å². The molecular weight excluding hydrogens is 396 g/mol. The van der Waals surface area contributed by atoms with Gasteiger partial charge in [-0.2, -0.15) is 0 Å². The standard InChI is InChI=1S/C19H24N4O5S/c1-11-4-3-5-14(12(11)2)20-19(29)22-21-18(24)7-6-13-8-16-17(28-10-27-16)9-15(13)23(25)26/h6-9,11-12,14H,3-5,10H2,1-2H3,(H,21,24)(H2,20,22,29)/b7-6+/t11-,12+,14+/m0/s1.